The summed E-state index contributed by atoms with van der Waals surface area (Å²) >= 11 is 0. The molecule has 0 saturated carbocycles. The first-order valence-electron chi connectivity index (χ1n) is 10.9. The molecule has 3 aromatic rings. The van der Waals surface area contributed by atoms with Gasteiger partial charge in [0.15, 0.2) is 0 Å². The summed E-state index contributed by atoms with van der Waals surface area (Å²) in [5, 5.41) is 2.87. The van der Waals surface area contributed by atoms with Gasteiger partial charge in [0.2, 0.25) is 21.8 Å². The summed E-state index contributed by atoms with van der Waals surface area (Å²) in [7, 11) is -3.99. The third-order valence-electron chi connectivity index (χ3n) is 6.03. The minimum Gasteiger partial charge on any atom is -0.467 e. The zero-order valence-electron chi connectivity index (χ0n) is 19.1. The van der Waals surface area contributed by atoms with E-state index in [0.29, 0.717) is 5.76 Å². The highest BCUT2D eigenvalue weighted by molar-refractivity contribution is 7.89. The molecule has 1 fully saturated rings. The number of nitrogens with one attached hydrogen (secondary N) is 1. The van der Waals surface area contributed by atoms with E-state index in [4.69, 9.17) is 4.42 Å². The smallest absolute Gasteiger partial charge is 0.247 e. The van der Waals surface area contributed by atoms with E-state index in [1.807, 2.05) is 37.3 Å². The van der Waals surface area contributed by atoms with Gasteiger partial charge in [-0.15, -0.1) is 0 Å². The van der Waals surface area contributed by atoms with E-state index in [1.54, 1.807) is 31.2 Å². The number of sulfonamides is 1. The Morgan fingerprint density at radius 1 is 1.06 bits per heavy atom. The van der Waals surface area contributed by atoms with Gasteiger partial charge in [-0.3, -0.25) is 9.59 Å². The molecule has 1 unspecified atom stereocenters. The lowest BCUT2D eigenvalue weighted by Gasteiger charge is -2.46. The Morgan fingerprint density at radius 3 is 2.41 bits per heavy atom. The number of rotatable bonds is 7. The molecular weight excluding hydrogens is 454 g/mol. The Balaban J connectivity index is 1.64. The van der Waals surface area contributed by atoms with E-state index >= 15 is 0 Å². The molecule has 1 N–H and O–H groups in total. The lowest BCUT2D eigenvalue weighted by Crippen LogP contribution is -2.69. The van der Waals surface area contributed by atoms with Crippen molar-refractivity contribution in [2.45, 2.75) is 37.4 Å². The van der Waals surface area contributed by atoms with Crippen LogP contribution in [0.4, 0.5) is 0 Å². The SMILES string of the molecule is Cc1ccc(S(=O)(=O)N2CC(=O)N(Cc3ccco3)C(C)(C(=O)NCc3ccccc3)C2)cc1. The summed E-state index contributed by atoms with van der Waals surface area (Å²) in [6.07, 6.45) is 1.49. The zero-order valence-corrected chi connectivity index (χ0v) is 19.9. The van der Waals surface area contributed by atoms with Crippen LogP contribution in [0.5, 0.6) is 0 Å². The lowest BCUT2D eigenvalue weighted by molar-refractivity contribution is -0.154. The highest BCUT2D eigenvalue weighted by Gasteiger charge is 2.50. The molecule has 0 radical (unpaired) electrons. The van der Waals surface area contributed by atoms with E-state index in [-0.39, 0.29) is 31.1 Å². The molecule has 0 bridgehead atoms. The number of carbonyl (C=O) groups is 2. The molecule has 8 nitrogen and oxygen atoms in total. The number of hydrogen-bond acceptors (Lipinski definition) is 5. The second-order valence-corrected chi connectivity index (χ2v) is 10.5. The minimum atomic E-state index is -3.99. The van der Waals surface area contributed by atoms with Crippen molar-refractivity contribution >= 4 is 21.8 Å². The van der Waals surface area contributed by atoms with Crippen molar-refractivity contribution in [2.24, 2.45) is 0 Å². The Hall–Kier alpha value is -3.43. The normalized spacial score (nSPS) is 19.2. The molecule has 1 aliphatic heterocycles. The molecule has 4 rings (SSSR count). The molecule has 1 aliphatic rings. The van der Waals surface area contributed by atoms with Gasteiger partial charge in [-0.2, -0.15) is 4.31 Å². The molecule has 178 valence electrons. The van der Waals surface area contributed by atoms with Crippen LogP contribution in [0.25, 0.3) is 0 Å². The maximum atomic E-state index is 13.5. The van der Waals surface area contributed by atoms with Crippen LogP contribution in [0.15, 0.2) is 82.3 Å². The Labute approximate surface area is 199 Å². The van der Waals surface area contributed by atoms with Gasteiger partial charge < -0.3 is 14.6 Å². The number of aryl methyl sites for hydroxylation is 1. The second-order valence-electron chi connectivity index (χ2n) is 8.59. The summed E-state index contributed by atoms with van der Waals surface area (Å²) in [5.74, 6) is -0.416. The van der Waals surface area contributed by atoms with Crippen LogP contribution in [0.3, 0.4) is 0 Å². The molecule has 1 saturated heterocycles. The molecule has 2 aromatic carbocycles. The number of furan rings is 1. The topological polar surface area (TPSA) is 99.9 Å². The van der Waals surface area contributed by atoms with E-state index in [9.17, 15) is 18.0 Å². The van der Waals surface area contributed by atoms with Crippen LogP contribution >= 0.6 is 0 Å². The average Bonchev–Trinajstić information content (AvgIpc) is 3.34. The molecule has 1 atom stereocenters. The van der Waals surface area contributed by atoms with Gasteiger partial charge in [0.25, 0.3) is 0 Å². The molecular formula is C25H27N3O5S. The molecule has 2 heterocycles. The van der Waals surface area contributed by atoms with Gasteiger partial charge in [0.05, 0.1) is 24.2 Å². The Morgan fingerprint density at radius 2 is 1.76 bits per heavy atom. The average molecular weight is 482 g/mol. The van der Waals surface area contributed by atoms with E-state index in [2.05, 4.69) is 5.32 Å². The van der Waals surface area contributed by atoms with Crippen LogP contribution < -0.4 is 5.32 Å². The standard InChI is InChI=1S/C25H27N3O5S/c1-19-10-12-22(13-11-19)34(31,32)27-17-23(29)28(16-21-9-6-14-33-21)25(2,18-27)24(30)26-15-20-7-4-3-5-8-20/h3-14H,15-18H2,1-2H3,(H,26,30). The number of piperazine rings is 1. The van der Waals surface area contributed by atoms with Gasteiger partial charge in [-0.05, 0) is 43.7 Å². The quantitative estimate of drug-likeness (QED) is 0.559. The van der Waals surface area contributed by atoms with Gasteiger partial charge in [-0.1, -0.05) is 48.0 Å². The largest absolute Gasteiger partial charge is 0.467 e. The Kier molecular flexibility index (Phi) is 6.58. The number of nitrogens with zero attached hydrogens (tertiary/aromatic N) is 2. The van der Waals surface area contributed by atoms with Crippen molar-refractivity contribution in [3.8, 4) is 0 Å². The fourth-order valence-corrected chi connectivity index (χ4v) is 5.49. The first-order chi connectivity index (χ1) is 16.2. The van der Waals surface area contributed by atoms with Gasteiger partial charge in [0.1, 0.15) is 11.3 Å². The maximum Gasteiger partial charge on any atom is 0.247 e. The minimum absolute atomic E-state index is 0.0551. The summed E-state index contributed by atoms with van der Waals surface area (Å²) in [6.45, 7) is 3.21. The van der Waals surface area contributed by atoms with Crippen molar-refractivity contribution < 1.29 is 22.4 Å². The van der Waals surface area contributed by atoms with Gasteiger partial charge >= 0.3 is 0 Å². The lowest BCUT2D eigenvalue weighted by atomic mass is 9.95. The number of carbonyl (C=O) groups excluding carboxylic acids is 2. The monoisotopic (exact) mass is 481 g/mol. The summed E-state index contributed by atoms with van der Waals surface area (Å²) in [5.41, 5.74) is 0.362. The molecule has 0 spiro atoms. The van der Waals surface area contributed by atoms with Crippen molar-refractivity contribution in [2.75, 3.05) is 13.1 Å². The molecule has 9 heteroatoms. The maximum absolute atomic E-state index is 13.5. The third kappa shape index (κ3) is 4.76. The van der Waals surface area contributed by atoms with Crippen LogP contribution in [0, 0.1) is 6.92 Å². The summed E-state index contributed by atoms with van der Waals surface area (Å²) in [4.78, 5) is 28.2. The molecule has 1 aromatic heterocycles. The van der Waals surface area contributed by atoms with Crippen LogP contribution in [-0.4, -0.2) is 48.1 Å². The molecule has 2 amide bonds. The molecule has 34 heavy (non-hydrogen) atoms. The van der Waals surface area contributed by atoms with Crippen molar-refractivity contribution in [1.29, 1.82) is 0 Å². The fraction of sp³-hybridized carbons (Fsp3) is 0.280. The summed E-state index contributed by atoms with van der Waals surface area (Å²) in [6, 6.07) is 19.2. The van der Waals surface area contributed by atoms with Gasteiger partial charge in [-0.25, -0.2) is 8.42 Å². The van der Waals surface area contributed by atoms with Crippen molar-refractivity contribution in [1.82, 2.24) is 14.5 Å². The van der Waals surface area contributed by atoms with Gasteiger partial charge in [0, 0.05) is 13.1 Å². The fourth-order valence-electron chi connectivity index (χ4n) is 4.01. The van der Waals surface area contributed by atoms with Crippen molar-refractivity contribution in [3.05, 3.63) is 89.9 Å². The number of hydrogen-bond donors (Lipinski definition) is 1. The predicted octanol–water partition coefficient (Wildman–Crippen LogP) is 2.70. The zero-order chi connectivity index (χ0) is 24.3. The number of benzene rings is 2. The van der Waals surface area contributed by atoms with E-state index < -0.39 is 27.4 Å². The highest BCUT2D eigenvalue weighted by Crippen LogP contribution is 2.29. The Bertz CT molecular complexity index is 1260. The van der Waals surface area contributed by atoms with Crippen LogP contribution in [-0.2, 0) is 32.7 Å². The van der Waals surface area contributed by atoms with E-state index in [0.717, 1.165) is 15.4 Å². The second kappa shape index (κ2) is 9.44. The van der Waals surface area contributed by atoms with E-state index in [1.165, 1.54) is 23.3 Å². The van der Waals surface area contributed by atoms with Crippen molar-refractivity contribution in [3.63, 3.8) is 0 Å². The van der Waals surface area contributed by atoms with Crippen LogP contribution in [0.2, 0.25) is 0 Å². The predicted molar refractivity (Wildman–Crippen MR) is 126 cm³/mol. The first kappa shape index (κ1) is 23.7. The molecule has 0 aliphatic carbocycles. The summed E-state index contributed by atoms with van der Waals surface area (Å²) < 4.78 is 33.2. The number of amides is 2. The highest BCUT2D eigenvalue weighted by atomic mass is 32.2. The first-order valence-corrected chi connectivity index (χ1v) is 12.4. The third-order valence-corrected chi connectivity index (χ3v) is 7.84. The van der Waals surface area contributed by atoms with Crippen LogP contribution in [0.1, 0.15) is 23.8 Å².